The number of benzene rings is 1. The van der Waals surface area contributed by atoms with Gasteiger partial charge in [-0.1, -0.05) is 19.9 Å². The average Bonchev–Trinajstić information content (AvgIpc) is 2.60. The number of aliphatic hydroxyl groups excluding tert-OH is 1. The van der Waals surface area contributed by atoms with Crippen molar-refractivity contribution in [2.75, 3.05) is 0 Å². The van der Waals surface area contributed by atoms with E-state index in [0.29, 0.717) is 5.89 Å². The lowest BCUT2D eigenvalue weighted by atomic mass is 10.1. The van der Waals surface area contributed by atoms with Gasteiger partial charge in [-0.25, -0.2) is 4.98 Å². The van der Waals surface area contributed by atoms with Gasteiger partial charge in [0.25, 0.3) is 0 Å². The Labute approximate surface area is 89.8 Å². The summed E-state index contributed by atoms with van der Waals surface area (Å²) in [5.41, 5.74) is 3.42. The molecule has 3 nitrogen and oxygen atoms in total. The number of aryl methyl sites for hydroxylation is 2. The van der Waals surface area contributed by atoms with Gasteiger partial charge in [-0.2, -0.15) is 0 Å². The van der Waals surface area contributed by atoms with Gasteiger partial charge in [0.1, 0.15) is 5.52 Å². The Morgan fingerprint density at radius 2 is 1.93 bits per heavy atom. The highest BCUT2D eigenvalue weighted by Gasteiger charge is 2.07. The minimum Gasteiger partial charge on any atom is -0.441 e. The van der Waals surface area contributed by atoms with Gasteiger partial charge in [-0.15, -0.1) is 0 Å². The van der Waals surface area contributed by atoms with E-state index in [1.807, 2.05) is 32.9 Å². The van der Waals surface area contributed by atoms with Crippen LogP contribution >= 0.6 is 0 Å². The molecule has 3 heteroatoms. The van der Waals surface area contributed by atoms with E-state index in [1.54, 1.807) is 6.92 Å². The van der Waals surface area contributed by atoms with Crippen LogP contribution in [0.25, 0.3) is 11.1 Å². The van der Waals surface area contributed by atoms with E-state index in [0.717, 1.165) is 22.2 Å². The van der Waals surface area contributed by atoms with Gasteiger partial charge in [-0.05, 0) is 18.6 Å². The standard InChI is InChI=1S/C10H11NO2.C2H6/c1-6-3-8(5-12)10-9(4-6)13-7(2)11-10;1-2/h3-4,12H,5H2,1-2H3;1-2H3. The van der Waals surface area contributed by atoms with Crippen LogP contribution in [0.4, 0.5) is 0 Å². The molecule has 2 aromatic rings. The number of aromatic nitrogens is 1. The van der Waals surface area contributed by atoms with E-state index in [4.69, 9.17) is 9.52 Å². The topological polar surface area (TPSA) is 46.3 Å². The van der Waals surface area contributed by atoms with Crippen LogP contribution in [0.3, 0.4) is 0 Å². The van der Waals surface area contributed by atoms with Gasteiger partial charge < -0.3 is 9.52 Å². The van der Waals surface area contributed by atoms with E-state index in [-0.39, 0.29) is 6.61 Å². The lowest BCUT2D eigenvalue weighted by molar-refractivity contribution is 0.283. The highest BCUT2D eigenvalue weighted by atomic mass is 16.3. The fraction of sp³-hybridized carbons (Fsp3) is 0.417. The molecule has 1 heterocycles. The molecule has 2 rings (SSSR count). The van der Waals surface area contributed by atoms with Gasteiger partial charge in [0.15, 0.2) is 11.5 Å². The SMILES string of the molecule is CC.Cc1cc(CO)c2nc(C)oc2c1. The van der Waals surface area contributed by atoms with Crippen LogP contribution in [0.1, 0.15) is 30.9 Å². The molecule has 0 spiro atoms. The number of nitrogens with zero attached hydrogens (tertiary/aromatic N) is 1. The predicted molar refractivity (Wildman–Crippen MR) is 60.8 cm³/mol. The Balaban J connectivity index is 0.000000531. The maximum Gasteiger partial charge on any atom is 0.192 e. The van der Waals surface area contributed by atoms with E-state index in [2.05, 4.69) is 4.98 Å². The Hall–Kier alpha value is -1.35. The maximum absolute atomic E-state index is 9.09. The summed E-state index contributed by atoms with van der Waals surface area (Å²) in [5, 5.41) is 9.09. The van der Waals surface area contributed by atoms with Crippen molar-refractivity contribution in [3.8, 4) is 0 Å². The molecular formula is C12H17NO2. The second-order valence-electron chi connectivity index (χ2n) is 3.16. The number of fused-ring (bicyclic) bond motifs is 1. The first-order chi connectivity index (χ1) is 7.20. The third-order valence-electron chi connectivity index (χ3n) is 2.00. The van der Waals surface area contributed by atoms with E-state index < -0.39 is 0 Å². The number of rotatable bonds is 1. The molecule has 0 bridgehead atoms. The van der Waals surface area contributed by atoms with E-state index >= 15 is 0 Å². The highest BCUT2D eigenvalue weighted by molar-refractivity contribution is 5.77. The molecule has 82 valence electrons. The molecule has 0 atom stereocenters. The zero-order valence-corrected chi connectivity index (χ0v) is 9.66. The number of oxazole rings is 1. The van der Waals surface area contributed by atoms with Crippen LogP contribution < -0.4 is 0 Å². The first-order valence-electron chi connectivity index (χ1n) is 5.18. The highest BCUT2D eigenvalue weighted by Crippen LogP contribution is 2.21. The normalized spacial score (nSPS) is 9.93. The number of aliphatic hydroxyl groups is 1. The Kier molecular flexibility index (Phi) is 3.86. The van der Waals surface area contributed by atoms with Gasteiger partial charge in [-0.3, -0.25) is 0 Å². The molecule has 0 amide bonds. The third kappa shape index (κ3) is 2.36. The summed E-state index contributed by atoms with van der Waals surface area (Å²) in [6.07, 6.45) is 0. The molecule has 15 heavy (non-hydrogen) atoms. The van der Waals surface area contributed by atoms with Gasteiger partial charge in [0, 0.05) is 12.5 Å². The quantitative estimate of drug-likeness (QED) is 0.782. The van der Waals surface area contributed by atoms with Crippen molar-refractivity contribution in [1.82, 2.24) is 4.98 Å². The van der Waals surface area contributed by atoms with Gasteiger partial charge in [0.2, 0.25) is 0 Å². The first-order valence-corrected chi connectivity index (χ1v) is 5.18. The summed E-state index contributed by atoms with van der Waals surface area (Å²) < 4.78 is 5.37. The van der Waals surface area contributed by atoms with Crippen molar-refractivity contribution in [3.05, 3.63) is 29.2 Å². The van der Waals surface area contributed by atoms with Crippen LogP contribution in [0, 0.1) is 13.8 Å². The average molecular weight is 207 g/mol. The Bertz CT molecular complexity index is 446. The number of hydrogen-bond acceptors (Lipinski definition) is 3. The van der Waals surface area contributed by atoms with Crippen molar-refractivity contribution in [1.29, 1.82) is 0 Å². The van der Waals surface area contributed by atoms with Crippen LogP contribution in [0.15, 0.2) is 16.5 Å². The van der Waals surface area contributed by atoms with Crippen molar-refractivity contribution < 1.29 is 9.52 Å². The predicted octanol–water partition coefficient (Wildman–Crippen LogP) is 2.96. The molecular weight excluding hydrogens is 190 g/mol. The molecule has 0 saturated heterocycles. The summed E-state index contributed by atoms with van der Waals surface area (Å²) >= 11 is 0. The Morgan fingerprint density at radius 1 is 1.27 bits per heavy atom. The molecule has 0 radical (unpaired) electrons. The van der Waals surface area contributed by atoms with Crippen LogP contribution in [-0.4, -0.2) is 10.1 Å². The zero-order valence-electron chi connectivity index (χ0n) is 9.66. The molecule has 0 fully saturated rings. The van der Waals surface area contributed by atoms with Crippen molar-refractivity contribution >= 4 is 11.1 Å². The summed E-state index contributed by atoms with van der Waals surface area (Å²) in [4.78, 5) is 4.20. The molecule has 1 N–H and O–H groups in total. The fourth-order valence-electron chi connectivity index (χ4n) is 1.48. The molecule has 0 unspecified atom stereocenters. The second kappa shape index (κ2) is 4.94. The Morgan fingerprint density at radius 3 is 2.53 bits per heavy atom. The summed E-state index contributed by atoms with van der Waals surface area (Å²) in [7, 11) is 0. The lowest BCUT2D eigenvalue weighted by Crippen LogP contribution is -1.86. The van der Waals surface area contributed by atoms with Crippen LogP contribution in [0.5, 0.6) is 0 Å². The van der Waals surface area contributed by atoms with Crippen molar-refractivity contribution in [2.24, 2.45) is 0 Å². The molecule has 1 aromatic heterocycles. The van der Waals surface area contributed by atoms with E-state index in [1.165, 1.54) is 0 Å². The molecule has 0 aliphatic heterocycles. The molecule has 0 saturated carbocycles. The summed E-state index contributed by atoms with van der Waals surface area (Å²) in [6, 6.07) is 3.85. The first kappa shape index (κ1) is 11.7. The third-order valence-corrected chi connectivity index (χ3v) is 2.00. The fourth-order valence-corrected chi connectivity index (χ4v) is 1.48. The minimum absolute atomic E-state index is 0.00412. The summed E-state index contributed by atoms with van der Waals surface area (Å²) in [5.74, 6) is 0.635. The van der Waals surface area contributed by atoms with E-state index in [9.17, 15) is 0 Å². The number of hydrogen-bond donors (Lipinski definition) is 1. The smallest absolute Gasteiger partial charge is 0.192 e. The summed E-state index contributed by atoms with van der Waals surface area (Å²) in [6.45, 7) is 7.77. The lowest BCUT2D eigenvalue weighted by Gasteiger charge is -1.97. The zero-order chi connectivity index (χ0) is 11.4. The van der Waals surface area contributed by atoms with Crippen LogP contribution in [-0.2, 0) is 6.61 Å². The maximum atomic E-state index is 9.09. The monoisotopic (exact) mass is 207 g/mol. The second-order valence-corrected chi connectivity index (χ2v) is 3.16. The van der Waals surface area contributed by atoms with Crippen molar-refractivity contribution in [3.63, 3.8) is 0 Å². The molecule has 0 aliphatic carbocycles. The van der Waals surface area contributed by atoms with Crippen molar-refractivity contribution in [2.45, 2.75) is 34.3 Å². The molecule has 1 aromatic carbocycles. The van der Waals surface area contributed by atoms with Gasteiger partial charge in [0.05, 0.1) is 6.61 Å². The molecule has 0 aliphatic rings. The minimum atomic E-state index is 0.00412. The van der Waals surface area contributed by atoms with Crippen LogP contribution in [0.2, 0.25) is 0 Å². The van der Waals surface area contributed by atoms with Gasteiger partial charge >= 0.3 is 0 Å². The largest absolute Gasteiger partial charge is 0.441 e.